The molecule has 0 aliphatic heterocycles. The Labute approximate surface area is 84.8 Å². The fraction of sp³-hybridized carbons (Fsp3) is 0.889. The summed E-state index contributed by atoms with van der Waals surface area (Å²) in [4.78, 5) is 19.5. The molecule has 0 aliphatic rings. The zero-order chi connectivity index (χ0) is 11.0. The first kappa shape index (κ1) is 13.7. The minimum atomic E-state index is -3.17. The van der Waals surface area contributed by atoms with Crippen LogP contribution in [0.1, 0.15) is 39.0 Å². The summed E-state index contributed by atoms with van der Waals surface area (Å²) in [6.07, 6.45) is 3.80. The maximum absolute atomic E-state index is 11.4. The summed E-state index contributed by atoms with van der Waals surface area (Å²) in [6, 6.07) is 0. The van der Waals surface area contributed by atoms with Crippen molar-refractivity contribution in [1.29, 1.82) is 0 Å². The molecule has 0 rings (SSSR count). The zero-order valence-electron chi connectivity index (χ0n) is 8.61. The number of unbranched alkanes of at least 4 members (excludes halogenated alkanes) is 3. The third kappa shape index (κ3) is 8.27. The van der Waals surface area contributed by atoms with E-state index < -0.39 is 13.3 Å². The van der Waals surface area contributed by atoms with Gasteiger partial charge in [-0.1, -0.05) is 26.2 Å². The van der Waals surface area contributed by atoms with Gasteiger partial charge in [-0.2, -0.15) is 0 Å². The summed E-state index contributed by atoms with van der Waals surface area (Å²) in [7, 11) is -3.17. The maximum atomic E-state index is 11.4. The van der Waals surface area contributed by atoms with Crippen LogP contribution in [0.4, 0.5) is 0 Å². The van der Waals surface area contributed by atoms with E-state index in [0.717, 1.165) is 25.7 Å². The lowest BCUT2D eigenvalue weighted by Crippen LogP contribution is -2.02. The monoisotopic (exact) mass is 222 g/mol. The van der Waals surface area contributed by atoms with E-state index in [1.807, 2.05) is 0 Å². The second-order valence-corrected chi connectivity index (χ2v) is 6.08. The standard InChI is InChI=1S/C9H19O4P/c1-2-3-4-5-7-14(12,13)8-6-9(10)11/h2-8H2,1H3,(H,10,11)(H,12,13). The Morgan fingerprint density at radius 2 is 1.86 bits per heavy atom. The topological polar surface area (TPSA) is 74.6 Å². The fourth-order valence-corrected chi connectivity index (χ4v) is 2.65. The molecule has 0 radical (unpaired) electrons. The first-order chi connectivity index (χ1) is 6.48. The molecule has 5 heteroatoms. The molecule has 2 N–H and O–H groups in total. The van der Waals surface area contributed by atoms with Crippen LogP contribution >= 0.6 is 7.37 Å². The van der Waals surface area contributed by atoms with Crippen molar-refractivity contribution in [3.63, 3.8) is 0 Å². The smallest absolute Gasteiger partial charge is 0.303 e. The minimum absolute atomic E-state index is 0.0888. The molecule has 0 amide bonds. The molecule has 0 aromatic heterocycles. The molecule has 1 atom stereocenters. The van der Waals surface area contributed by atoms with Crippen LogP contribution in [0.3, 0.4) is 0 Å². The van der Waals surface area contributed by atoms with Crippen molar-refractivity contribution in [3.8, 4) is 0 Å². The van der Waals surface area contributed by atoms with E-state index in [2.05, 4.69) is 6.92 Å². The number of carbonyl (C=O) groups is 1. The van der Waals surface area contributed by atoms with E-state index in [9.17, 15) is 14.3 Å². The highest BCUT2D eigenvalue weighted by molar-refractivity contribution is 7.58. The van der Waals surface area contributed by atoms with Crippen molar-refractivity contribution >= 4 is 13.3 Å². The van der Waals surface area contributed by atoms with Crippen molar-refractivity contribution in [1.82, 2.24) is 0 Å². The van der Waals surface area contributed by atoms with E-state index in [1.165, 1.54) is 0 Å². The molecule has 0 fully saturated rings. The number of carboxylic acid groups (broad SMARTS) is 1. The molecule has 0 saturated carbocycles. The zero-order valence-corrected chi connectivity index (χ0v) is 9.50. The Bertz CT molecular complexity index is 215. The van der Waals surface area contributed by atoms with Gasteiger partial charge in [0.05, 0.1) is 6.42 Å². The lowest BCUT2D eigenvalue weighted by molar-refractivity contribution is -0.136. The molecule has 4 nitrogen and oxygen atoms in total. The Morgan fingerprint density at radius 1 is 1.21 bits per heavy atom. The van der Waals surface area contributed by atoms with Crippen LogP contribution in [0.5, 0.6) is 0 Å². The first-order valence-corrected chi connectivity index (χ1v) is 7.03. The van der Waals surface area contributed by atoms with Crippen LogP contribution in [-0.2, 0) is 9.36 Å². The Morgan fingerprint density at radius 3 is 2.36 bits per heavy atom. The normalized spacial score (nSPS) is 15.0. The fourth-order valence-electron chi connectivity index (χ4n) is 1.17. The molecule has 14 heavy (non-hydrogen) atoms. The van der Waals surface area contributed by atoms with Gasteiger partial charge >= 0.3 is 5.97 Å². The predicted octanol–water partition coefficient (Wildman–Crippen LogP) is 2.31. The van der Waals surface area contributed by atoms with Crippen molar-refractivity contribution in [2.75, 3.05) is 12.3 Å². The maximum Gasteiger partial charge on any atom is 0.303 e. The van der Waals surface area contributed by atoms with E-state index in [4.69, 9.17) is 5.11 Å². The number of rotatable bonds is 8. The molecule has 84 valence electrons. The van der Waals surface area contributed by atoms with Gasteiger partial charge in [-0.25, -0.2) is 0 Å². The van der Waals surface area contributed by atoms with E-state index >= 15 is 0 Å². The van der Waals surface area contributed by atoms with Gasteiger partial charge in [0.25, 0.3) is 0 Å². The van der Waals surface area contributed by atoms with Crippen LogP contribution in [0.25, 0.3) is 0 Å². The summed E-state index contributed by atoms with van der Waals surface area (Å²) < 4.78 is 11.4. The molecule has 0 saturated heterocycles. The highest BCUT2D eigenvalue weighted by Gasteiger charge is 2.18. The molecule has 1 unspecified atom stereocenters. The highest BCUT2D eigenvalue weighted by Crippen LogP contribution is 2.42. The molecule has 0 aliphatic carbocycles. The summed E-state index contributed by atoms with van der Waals surface area (Å²) in [6.45, 7) is 2.07. The molecule has 0 aromatic carbocycles. The van der Waals surface area contributed by atoms with Gasteiger partial charge in [0, 0.05) is 12.3 Å². The van der Waals surface area contributed by atoms with Gasteiger partial charge in [-0.3, -0.25) is 9.36 Å². The van der Waals surface area contributed by atoms with Crippen LogP contribution in [0.15, 0.2) is 0 Å². The summed E-state index contributed by atoms with van der Waals surface area (Å²) in [5.74, 6) is -1.01. The molecule has 0 bridgehead atoms. The van der Waals surface area contributed by atoms with Crippen LogP contribution in [-0.4, -0.2) is 28.3 Å². The Hall–Kier alpha value is -0.340. The first-order valence-electron chi connectivity index (χ1n) is 5.00. The molecular formula is C9H19O4P. The van der Waals surface area contributed by atoms with Gasteiger partial charge in [0.1, 0.15) is 0 Å². The number of aliphatic carboxylic acids is 1. The second-order valence-electron chi connectivity index (χ2n) is 3.50. The van der Waals surface area contributed by atoms with Crippen LogP contribution in [0.2, 0.25) is 0 Å². The summed E-state index contributed by atoms with van der Waals surface area (Å²) in [5, 5.41) is 8.35. The quantitative estimate of drug-likeness (QED) is 0.488. The van der Waals surface area contributed by atoms with Gasteiger partial charge in [-0.05, 0) is 6.42 Å². The number of carboxylic acids is 1. The third-order valence-corrected chi connectivity index (χ3v) is 3.97. The van der Waals surface area contributed by atoms with E-state index in [1.54, 1.807) is 0 Å². The predicted molar refractivity (Wildman–Crippen MR) is 56.0 cm³/mol. The van der Waals surface area contributed by atoms with E-state index in [-0.39, 0.29) is 18.7 Å². The van der Waals surface area contributed by atoms with Crippen LogP contribution in [0, 0.1) is 0 Å². The van der Waals surface area contributed by atoms with Crippen molar-refractivity contribution in [3.05, 3.63) is 0 Å². The van der Waals surface area contributed by atoms with Gasteiger partial charge < -0.3 is 10.00 Å². The molecule has 0 spiro atoms. The third-order valence-electron chi connectivity index (χ3n) is 2.04. The summed E-state index contributed by atoms with van der Waals surface area (Å²) in [5.41, 5.74) is 0. The average Bonchev–Trinajstić information content (AvgIpc) is 2.10. The highest BCUT2D eigenvalue weighted by atomic mass is 31.2. The largest absolute Gasteiger partial charge is 0.481 e. The molecule has 0 aromatic rings. The van der Waals surface area contributed by atoms with Crippen molar-refractivity contribution in [2.45, 2.75) is 39.0 Å². The second kappa shape index (κ2) is 7.02. The van der Waals surface area contributed by atoms with Crippen molar-refractivity contribution in [2.24, 2.45) is 0 Å². The number of hydrogen-bond acceptors (Lipinski definition) is 2. The van der Waals surface area contributed by atoms with Gasteiger partial charge in [0.15, 0.2) is 0 Å². The van der Waals surface area contributed by atoms with Gasteiger partial charge in [0.2, 0.25) is 7.37 Å². The lowest BCUT2D eigenvalue weighted by Gasteiger charge is -2.09. The Kier molecular flexibility index (Phi) is 6.85. The lowest BCUT2D eigenvalue weighted by atomic mass is 10.2. The van der Waals surface area contributed by atoms with Crippen LogP contribution < -0.4 is 0 Å². The molecule has 0 heterocycles. The molecular weight excluding hydrogens is 203 g/mol. The minimum Gasteiger partial charge on any atom is -0.481 e. The van der Waals surface area contributed by atoms with Crippen molar-refractivity contribution < 1.29 is 19.4 Å². The summed E-state index contributed by atoms with van der Waals surface area (Å²) >= 11 is 0. The average molecular weight is 222 g/mol. The van der Waals surface area contributed by atoms with Gasteiger partial charge in [-0.15, -0.1) is 0 Å². The SMILES string of the molecule is CCCCCCP(=O)(O)CCC(=O)O. The number of hydrogen-bond donors (Lipinski definition) is 2. The van der Waals surface area contributed by atoms with E-state index in [0.29, 0.717) is 0 Å². The Balaban J connectivity index is 3.61.